The second-order valence-electron chi connectivity index (χ2n) is 8.77. The lowest BCUT2D eigenvalue weighted by atomic mass is 9.96. The molecule has 0 radical (unpaired) electrons. The van der Waals surface area contributed by atoms with Crippen molar-refractivity contribution in [2.75, 3.05) is 6.54 Å². The number of rotatable bonds is 13. The zero-order valence-electron chi connectivity index (χ0n) is 20.0. The van der Waals surface area contributed by atoms with Gasteiger partial charge >= 0.3 is 11.9 Å². The maximum atomic E-state index is 13.3. The van der Waals surface area contributed by atoms with Gasteiger partial charge in [0, 0.05) is 6.42 Å². The van der Waals surface area contributed by atoms with Crippen LogP contribution in [0.5, 0.6) is 0 Å². The van der Waals surface area contributed by atoms with E-state index >= 15 is 0 Å². The highest BCUT2D eigenvalue weighted by Crippen LogP contribution is 2.12. The molecule has 1 heterocycles. The van der Waals surface area contributed by atoms with Gasteiger partial charge in [0.1, 0.15) is 18.1 Å². The van der Waals surface area contributed by atoms with Crippen molar-refractivity contribution in [3.05, 3.63) is 35.9 Å². The van der Waals surface area contributed by atoms with E-state index in [4.69, 9.17) is 5.11 Å². The van der Waals surface area contributed by atoms with E-state index in [1.807, 2.05) is 13.8 Å². The first-order valence-corrected chi connectivity index (χ1v) is 11.7. The van der Waals surface area contributed by atoms with Crippen molar-refractivity contribution in [2.45, 2.75) is 70.1 Å². The van der Waals surface area contributed by atoms with Crippen LogP contribution in [0.1, 0.15) is 45.1 Å². The summed E-state index contributed by atoms with van der Waals surface area (Å²) in [5.41, 5.74) is 0.706. The molecule has 2 rings (SSSR count). The Morgan fingerprint density at radius 1 is 1.00 bits per heavy atom. The van der Waals surface area contributed by atoms with Crippen molar-refractivity contribution in [2.24, 2.45) is 5.92 Å². The van der Waals surface area contributed by atoms with E-state index in [1.54, 1.807) is 30.3 Å². The third kappa shape index (κ3) is 8.67. The number of carbonyl (C=O) groups excluding carboxylic acids is 3. The predicted molar refractivity (Wildman–Crippen MR) is 126 cm³/mol. The summed E-state index contributed by atoms with van der Waals surface area (Å²) < 4.78 is 0. The number of aliphatic carboxylic acids is 2. The molecule has 6 N–H and O–H groups in total. The van der Waals surface area contributed by atoms with Gasteiger partial charge in [-0.25, -0.2) is 4.79 Å². The summed E-state index contributed by atoms with van der Waals surface area (Å²) in [7, 11) is 0. The van der Waals surface area contributed by atoms with Gasteiger partial charge in [-0.1, -0.05) is 50.6 Å². The molecule has 5 unspecified atom stereocenters. The summed E-state index contributed by atoms with van der Waals surface area (Å²) in [6.07, 6.45) is 1.35. The van der Waals surface area contributed by atoms with Gasteiger partial charge in [0.25, 0.3) is 0 Å². The zero-order chi connectivity index (χ0) is 26.0. The lowest BCUT2D eigenvalue weighted by Crippen LogP contribution is -2.59. The molecule has 11 nitrogen and oxygen atoms in total. The van der Waals surface area contributed by atoms with Gasteiger partial charge in [0.2, 0.25) is 17.7 Å². The number of hydrogen-bond donors (Lipinski definition) is 6. The molecule has 11 heteroatoms. The fourth-order valence-corrected chi connectivity index (χ4v) is 3.83. The molecule has 192 valence electrons. The van der Waals surface area contributed by atoms with Crippen LogP contribution < -0.4 is 21.3 Å². The average molecular weight is 491 g/mol. The number of carbonyl (C=O) groups is 5. The Kier molecular flexibility index (Phi) is 10.7. The highest BCUT2D eigenvalue weighted by atomic mass is 16.4. The first-order valence-electron chi connectivity index (χ1n) is 11.7. The van der Waals surface area contributed by atoms with Crippen molar-refractivity contribution in [1.82, 2.24) is 21.3 Å². The summed E-state index contributed by atoms with van der Waals surface area (Å²) >= 11 is 0. The SMILES string of the molecule is CCC(C)C(NC(=O)C1CCCN1)C(=O)NC(Cc1ccccc1)C(=O)NC(CC(=O)O)C(=O)O. The van der Waals surface area contributed by atoms with Crippen LogP contribution in [-0.4, -0.2) is 70.6 Å². The smallest absolute Gasteiger partial charge is 0.326 e. The van der Waals surface area contributed by atoms with Gasteiger partial charge in [0.05, 0.1) is 12.5 Å². The Labute approximate surface area is 204 Å². The fourth-order valence-electron chi connectivity index (χ4n) is 3.83. The number of carboxylic acid groups (broad SMARTS) is 2. The highest BCUT2D eigenvalue weighted by molar-refractivity contribution is 5.95. The summed E-state index contributed by atoms with van der Waals surface area (Å²) in [4.78, 5) is 61.4. The van der Waals surface area contributed by atoms with Crippen LogP contribution in [0.4, 0.5) is 0 Å². The summed E-state index contributed by atoms with van der Waals surface area (Å²) in [5.74, 6) is -4.82. The minimum atomic E-state index is -1.66. The van der Waals surface area contributed by atoms with Crippen molar-refractivity contribution < 1.29 is 34.2 Å². The molecule has 35 heavy (non-hydrogen) atoms. The first-order chi connectivity index (χ1) is 16.6. The van der Waals surface area contributed by atoms with E-state index in [2.05, 4.69) is 21.3 Å². The third-order valence-electron chi connectivity index (χ3n) is 6.08. The number of amides is 3. The molecule has 3 amide bonds. The molecule has 1 aliphatic heterocycles. The van der Waals surface area contributed by atoms with Gasteiger partial charge in [-0.15, -0.1) is 0 Å². The Hall–Kier alpha value is -3.47. The molecule has 0 spiro atoms. The van der Waals surface area contributed by atoms with Crippen LogP contribution in [0.25, 0.3) is 0 Å². The molecule has 1 saturated heterocycles. The lowest BCUT2D eigenvalue weighted by Gasteiger charge is -2.28. The van der Waals surface area contributed by atoms with Crippen molar-refractivity contribution in [3.63, 3.8) is 0 Å². The molecule has 1 fully saturated rings. The van der Waals surface area contributed by atoms with Crippen molar-refractivity contribution in [3.8, 4) is 0 Å². The number of hydrogen-bond acceptors (Lipinski definition) is 6. The van der Waals surface area contributed by atoms with Crippen LogP contribution in [0, 0.1) is 5.92 Å². The molecule has 1 aliphatic rings. The molecule has 0 saturated carbocycles. The molecular formula is C24H34N4O7. The number of benzene rings is 1. The number of nitrogens with one attached hydrogen (secondary N) is 4. The second-order valence-corrected chi connectivity index (χ2v) is 8.77. The monoisotopic (exact) mass is 490 g/mol. The Morgan fingerprint density at radius 3 is 2.20 bits per heavy atom. The summed E-state index contributed by atoms with van der Waals surface area (Å²) in [6, 6.07) is 4.66. The Morgan fingerprint density at radius 2 is 1.66 bits per heavy atom. The topological polar surface area (TPSA) is 174 Å². The predicted octanol–water partition coefficient (Wildman–Crippen LogP) is 0.0409. The molecule has 1 aromatic carbocycles. The zero-order valence-corrected chi connectivity index (χ0v) is 20.0. The standard InChI is InChI=1S/C24H34N4O7/c1-3-14(2)20(28-21(31)16-10-7-11-25-16)23(33)26-17(12-15-8-5-4-6-9-15)22(32)27-18(24(34)35)13-19(29)30/h4-6,8-9,14,16-18,20,25H,3,7,10-13H2,1-2H3,(H,26,33)(H,27,32)(H,28,31)(H,29,30)(H,34,35). The molecule has 0 aliphatic carbocycles. The van der Waals surface area contributed by atoms with E-state index in [1.165, 1.54) is 0 Å². The van der Waals surface area contributed by atoms with E-state index in [0.717, 1.165) is 13.0 Å². The van der Waals surface area contributed by atoms with E-state index in [-0.39, 0.29) is 24.3 Å². The van der Waals surface area contributed by atoms with E-state index < -0.39 is 48.3 Å². The van der Waals surface area contributed by atoms with Crippen molar-refractivity contribution in [1.29, 1.82) is 0 Å². The quantitative estimate of drug-likeness (QED) is 0.225. The average Bonchev–Trinajstić information content (AvgIpc) is 3.36. The van der Waals surface area contributed by atoms with Gasteiger partial charge in [-0.3, -0.25) is 19.2 Å². The van der Waals surface area contributed by atoms with Crippen LogP contribution >= 0.6 is 0 Å². The van der Waals surface area contributed by atoms with Crippen LogP contribution in [0.15, 0.2) is 30.3 Å². The molecule has 0 bridgehead atoms. The fraction of sp³-hybridized carbons (Fsp3) is 0.542. The number of carboxylic acids is 2. The minimum Gasteiger partial charge on any atom is -0.481 e. The maximum absolute atomic E-state index is 13.3. The normalized spacial score (nSPS) is 18.5. The Bertz CT molecular complexity index is 902. The van der Waals surface area contributed by atoms with Crippen LogP contribution in [-0.2, 0) is 30.4 Å². The second kappa shape index (κ2) is 13.4. The highest BCUT2D eigenvalue weighted by Gasteiger charge is 2.34. The van der Waals surface area contributed by atoms with Gasteiger partial charge in [-0.05, 0) is 30.9 Å². The van der Waals surface area contributed by atoms with Crippen LogP contribution in [0.3, 0.4) is 0 Å². The third-order valence-corrected chi connectivity index (χ3v) is 6.08. The molecule has 1 aromatic rings. The van der Waals surface area contributed by atoms with Crippen LogP contribution in [0.2, 0.25) is 0 Å². The minimum absolute atomic E-state index is 0.0448. The molecular weight excluding hydrogens is 456 g/mol. The molecule has 0 aromatic heterocycles. The first kappa shape index (κ1) is 27.8. The summed E-state index contributed by atoms with van der Waals surface area (Å²) in [5, 5.41) is 29.0. The van der Waals surface area contributed by atoms with Gasteiger partial charge in [-0.2, -0.15) is 0 Å². The van der Waals surface area contributed by atoms with E-state index in [9.17, 15) is 29.1 Å². The van der Waals surface area contributed by atoms with Gasteiger partial charge in [0.15, 0.2) is 0 Å². The lowest BCUT2D eigenvalue weighted by molar-refractivity contribution is -0.147. The molecule has 5 atom stereocenters. The van der Waals surface area contributed by atoms with Crippen molar-refractivity contribution >= 4 is 29.7 Å². The summed E-state index contributed by atoms with van der Waals surface area (Å²) in [6.45, 7) is 4.41. The van der Waals surface area contributed by atoms with E-state index in [0.29, 0.717) is 18.4 Å². The Balaban J connectivity index is 2.21. The largest absolute Gasteiger partial charge is 0.481 e. The van der Waals surface area contributed by atoms with Gasteiger partial charge < -0.3 is 31.5 Å². The maximum Gasteiger partial charge on any atom is 0.326 e.